The molecule has 0 radical (unpaired) electrons. The lowest BCUT2D eigenvalue weighted by Crippen LogP contribution is -1.90. The van der Waals surface area contributed by atoms with Crippen molar-refractivity contribution in [2.45, 2.75) is 26.2 Å². The van der Waals surface area contributed by atoms with Gasteiger partial charge in [-0.1, -0.05) is 13.3 Å². The Bertz CT molecular complexity index is 298. The van der Waals surface area contributed by atoms with Crippen LogP contribution in [0.5, 0.6) is 0 Å². The number of aromatic nitrogens is 1. The molecule has 4 heteroatoms. The van der Waals surface area contributed by atoms with Gasteiger partial charge >= 0.3 is 0 Å². The molecule has 0 spiro atoms. The summed E-state index contributed by atoms with van der Waals surface area (Å²) in [6.07, 6.45) is 3.05. The molecule has 12 heavy (non-hydrogen) atoms. The van der Waals surface area contributed by atoms with E-state index in [9.17, 15) is 0 Å². The predicted molar refractivity (Wildman–Crippen MR) is 49.9 cm³/mol. The van der Waals surface area contributed by atoms with Crippen LogP contribution in [0.4, 0.5) is 5.00 Å². The van der Waals surface area contributed by atoms with E-state index in [2.05, 4.69) is 17.4 Å². The van der Waals surface area contributed by atoms with Crippen LogP contribution in [0.15, 0.2) is 0 Å². The molecule has 0 aliphatic heterocycles. The number of rotatable bonds is 3. The molecular formula is C8H11N3S. The topological polar surface area (TPSA) is 62.7 Å². The first-order chi connectivity index (χ1) is 5.79. The van der Waals surface area contributed by atoms with Gasteiger partial charge in [0.15, 0.2) is 0 Å². The normalized spacial score (nSPS) is 9.67. The molecule has 1 aromatic heterocycles. The molecule has 0 aromatic carbocycles. The van der Waals surface area contributed by atoms with Gasteiger partial charge in [-0.3, -0.25) is 0 Å². The number of hydrogen-bond donors (Lipinski definition) is 1. The summed E-state index contributed by atoms with van der Waals surface area (Å²) < 4.78 is 4.12. The highest BCUT2D eigenvalue weighted by Gasteiger charge is 2.09. The van der Waals surface area contributed by atoms with E-state index in [-0.39, 0.29) is 0 Å². The third-order valence-corrected chi connectivity index (χ3v) is 2.38. The van der Waals surface area contributed by atoms with Crippen molar-refractivity contribution in [3.63, 3.8) is 0 Å². The molecule has 0 saturated heterocycles. The van der Waals surface area contributed by atoms with Crippen LogP contribution in [0.25, 0.3) is 0 Å². The zero-order chi connectivity index (χ0) is 8.97. The van der Waals surface area contributed by atoms with Gasteiger partial charge in [0.25, 0.3) is 0 Å². The van der Waals surface area contributed by atoms with Crippen molar-refractivity contribution in [3.05, 3.63) is 11.3 Å². The Kier molecular flexibility index (Phi) is 3.06. The van der Waals surface area contributed by atoms with Crippen LogP contribution >= 0.6 is 11.5 Å². The average molecular weight is 181 g/mol. The van der Waals surface area contributed by atoms with Crippen LogP contribution in [0.2, 0.25) is 0 Å². The summed E-state index contributed by atoms with van der Waals surface area (Å²) in [5.41, 5.74) is 7.00. The summed E-state index contributed by atoms with van der Waals surface area (Å²) in [6, 6.07) is 2.08. The van der Waals surface area contributed by atoms with Crippen molar-refractivity contribution < 1.29 is 0 Å². The monoisotopic (exact) mass is 181 g/mol. The van der Waals surface area contributed by atoms with Gasteiger partial charge in [0.05, 0.1) is 5.69 Å². The Morgan fingerprint density at radius 3 is 3.00 bits per heavy atom. The second-order valence-electron chi connectivity index (χ2n) is 2.58. The minimum atomic E-state index is 0.545. The molecule has 0 aliphatic carbocycles. The van der Waals surface area contributed by atoms with Crippen LogP contribution in [0.1, 0.15) is 31.0 Å². The molecule has 1 heterocycles. The Balaban J connectivity index is 2.79. The third-order valence-electron chi connectivity index (χ3n) is 1.67. The van der Waals surface area contributed by atoms with Crippen LogP contribution in [0, 0.1) is 11.3 Å². The van der Waals surface area contributed by atoms with Crippen LogP contribution in [-0.4, -0.2) is 4.37 Å². The minimum absolute atomic E-state index is 0.545. The summed E-state index contributed by atoms with van der Waals surface area (Å²) in [5.74, 6) is 0. The highest BCUT2D eigenvalue weighted by molar-refractivity contribution is 7.10. The van der Waals surface area contributed by atoms with Gasteiger partial charge in [0.2, 0.25) is 0 Å². The molecule has 0 aliphatic rings. The van der Waals surface area contributed by atoms with Crippen molar-refractivity contribution in [1.29, 1.82) is 5.26 Å². The van der Waals surface area contributed by atoms with E-state index < -0.39 is 0 Å². The van der Waals surface area contributed by atoms with Crippen molar-refractivity contribution >= 4 is 16.5 Å². The zero-order valence-electron chi connectivity index (χ0n) is 7.00. The molecule has 0 unspecified atom stereocenters. The van der Waals surface area contributed by atoms with E-state index in [1.165, 1.54) is 11.5 Å². The molecule has 0 atom stereocenters. The fourth-order valence-electron chi connectivity index (χ4n) is 0.972. The lowest BCUT2D eigenvalue weighted by Gasteiger charge is -1.93. The molecular weight excluding hydrogens is 170 g/mol. The average Bonchev–Trinajstić information content (AvgIpc) is 2.43. The number of nitrogen functional groups attached to an aromatic ring is 1. The number of nitriles is 1. The third kappa shape index (κ3) is 1.74. The summed E-state index contributed by atoms with van der Waals surface area (Å²) in [4.78, 5) is 0. The van der Waals surface area contributed by atoms with E-state index in [0.717, 1.165) is 25.0 Å². The molecule has 3 nitrogen and oxygen atoms in total. The number of anilines is 1. The summed E-state index contributed by atoms with van der Waals surface area (Å²) in [6.45, 7) is 2.11. The molecule has 0 fully saturated rings. The maximum absolute atomic E-state index is 8.72. The first-order valence-electron chi connectivity index (χ1n) is 3.93. The van der Waals surface area contributed by atoms with Crippen molar-refractivity contribution in [3.8, 4) is 6.07 Å². The molecule has 0 saturated carbocycles. The molecule has 1 aromatic rings. The number of unbranched alkanes of at least 4 members (excludes halogenated alkanes) is 1. The predicted octanol–water partition coefficient (Wildman–Crippen LogP) is 1.94. The minimum Gasteiger partial charge on any atom is -0.388 e. The van der Waals surface area contributed by atoms with Gasteiger partial charge in [-0.05, 0) is 24.4 Å². The molecule has 1 rings (SSSR count). The zero-order valence-corrected chi connectivity index (χ0v) is 7.82. The maximum Gasteiger partial charge on any atom is 0.125 e. The summed E-state index contributed by atoms with van der Waals surface area (Å²) in [7, 11) is 0. The first-order valence-corrected chi connectivity index (χ1v) is 4.71. The second-order valence-corrected chi connectivity index (χ2v) is 3.39. The molecule has 0 bridgehead atoms. The largest absolute Gasteiger partial charge is 0.388 e. The number of aryl methyl sites for hydroxylation is 1. The number of nitrogens with zero attached hydrogens (tertiary/aromatic N) is 2. The Labute approximate surface area is 76.0 Å². The summed E-state index contributed by atoms with van der Waals surface area (Å²) in [5, 5.41) is 9.27. The smallest absolute Gasteiger partial charge is 0.125 e. The molecule has 0 amide bonds. The van der Waals surface area contributed by atoms with Crippen molar-refractivity contribution in [2.75, 3.05) is 5.73 Å². The van der Waals surface area contributed by atoms with Gasteiger partial charge in [-0.25, -0.2) is 0 Å². The van der Waals surface area contributed by atoms with Gasteiger partial charge in [-0.2, -0.15) is 9.64 Å². The fourth-order valence-corrected chi connectivity index (χ4v) is 1.62. The Morgan fingerprint density at radius 2 is 2.42 bits per heavy atom. The van der Waals surface area contributed by atoms with Gasteiger partial charge < -0.3 is 5.73 Å². The second kappa shape index (κ2) is 4.07. The van der Waals surface area contributed by atoms with E-state index in [1.54, 1.807) is 0 Å². The number of nitrogens with two attached hydrogens (primary N) is 1. The maximum atomic E-state index is 8.72. The van der Waals surface area contributed by atoms with E-state index in [0.29, 0.717) is 10.6 Å². The van der Waals surface area contributed by atoms with Gasteiger partial charge in [0, 0.05) is 0 Å². The lowest BCUT2D eigenvalue weighted by molar-refractivity contribution is 0.783. The van der Waals surface area contributed by atoms with Gasteiger partial charge in [-0.15, -0.1) is 0 Å². The quantitative estimate of drug-likeness (QED) is 0.775. The van der Waals surface area contributed by atoms with Crippen LogP contribution < -0.4 is 5.73 Å². The van der Waals surface area contributed by atoms with Crippen LogP contribution in [-0.2, 0) is 6.42 Å². The highest BCUT2D eigenvalue weighted by atomic mass is 32.1. The molecule has 64 valence electrons. The Morgan fingerprint density at radius 1 is 1.67 bits per heavy atom. The Hall–Kier alpha value is -1.08. The highest BCUT2D eigenvalue weighted by Crippen LogP contribution is 2.21. The van der Waals surface area contributed by atoms with Crippen molar-refractivity contribution in [1.82, 2.24) is 4.37 Å². The van der Waals surface area contributed by atoms with Crippen LogP contribution in [0.3, 0.4) is 0 Å². The lowest BCUT2D eigenvalue weighted by atomic mass is 10.1. The van der Waals surface area contributed by atoms with Gasteiger partial charge in [0.1, 0.15) is 16.6 Å². The summed E-state index contributed by atoms with van der Waals surface area (Å²) >= 11 is 1.21. The first kappa shape index (κ1) is 9.01. The van der Waals surface area contributed by atoms with E-state index in [4.69, 9.17) is 11.0 Å². The van der Waals surface area contributed by atoms with Crippen molar-refractivity contribution in [2.24, 2.45) is 0 Å². The number of hydrogen-bond acceptors (Lipinski definition) is 4. The van der Waals surface area contributed by atoms with E-state index in [1.807, 2.05) is 0 Å². The van der Waals surface area contributed by atoms with E-state index >= 15 is 0 Å². The SMILES string of the molecule is CCCCc1nsc(N)c1C#N. The molecule has 2 N–H and O–H groups in total. The standard InChI is InChI=1S/C8H11N3S/c1-2-3-4-7-6(5-9)8(10)12-11-7/h2-4,10H2,1H3. The fraction of sp³-hybridized carbons (Fsp3) is 0.500.